The van der Waals surface area contributed by atoms with Crippen LogP contribution >= 0.6 is 11.6 Å². The normalized spacial score (nSPS) is 22.8. The van der Waals surface area contributed by atoms with E-state index in [-0.39, 0.29) is 12.1 Å². The number of rotatable bonds is 3. The molecule has 1 fully saturated rings. The zero-order valence-corrected chi connectivity index (χ0v) is 12.3. The highest BCUT2D eigenvalue weighted by atomic mass is 35.5. The molecule has 1 saturated heterocycles. The summed E-state index contributed by atoms with van der Waals surface area (Å²) in [7, 11) is 0. The standard InChI is InChI=1S/C14H23ClN2O2/c1-2-13(11-5-8-19-9-6-11)16-14(18)17-7-3-4-12(15)10-17/h4,11,13H,2-3,5-10H2,1H3,(H,16,18). The van der Waals surface area contributed by atoms with Gasteiger partial charge >= 0.3 is 6.03 Å². The molecule has 0 saturated carbocycles. The van der Waals surface area contributed by atoms with Crippen LogP contribution in [0.4, 0.5) is 4.79 Å². The number of urea groups is 1. The van der Waals surface area contributed by atoms with E-state index >= 15 is 0 Å². The average molecular weight is 287 g/mol. The molecule has 0 aromatic heterocycles. The van der Waals surface area contributed by atoms with Crippen LogP contribution in [0.5, 0.6) is 0 Å². The summed E-state index contributed by atoms with van der Waals surface area (Å²) < 4.78 is 5.38. The van der Waals surface area contributed by atoms with Crippen LogP contribution in [-0.4, -0.2) is 43.3 Å². The highest BCUT2D eigenvalue weighted by Gasteiger charge is 2.26. The van der Waals surface area contributed by atoms with Crippen molar-refractivity contribution in [1.29, 1.82) is 0 Å². The molecule has 1 atom stereocenters. The molecule has 2 amide bonds. The van der Waals surface area contributed by atoms with Crippen LogP contribution in [0, 0.1) is 5.92 Å². The number of hydrogen-bond acceptors (Lipinski definition) is 2. The summed E-state index contributed by atoms with van der Waals surface area (Å²) in [4.78, 5) is 14.0. The van der Waals surface area contributed by atoms with Crippen molar-refractivity contribution in [1.82, 2.24) is 10.2 Å². The Morgan fingerprint density at radius 2 is 2.32 bits per heavy atom. The molecule has 0 aromatic rings. The van der Waals surface area contributed by atoms with Crippen molar-refractivity contribution < 1.29 is 9.53 Å². The third-order valence-electron chi connectivity index (χ3n) is 3.98. The highest BCUT2D eigenvalue weighted by Crippen LogP contribution is 2.21. The zero-order valence-electron chi connectivity index (χ0n) is 11.5. The van der Waals surface area contributed by atoms with Crippen LogP contribution in [0.2, 0.25) is 0 Å². The maximum absolute atomic E-state index is 12.3. The molecular weight excluding hydrogens is 264 g/mol. The molecule has 0 radical (unpaired) electrons. The smallest absolute Gasteiger partial charge is 0.317 e. The zero-order chi connectivity index (χ0) is 13.7. The fraction of sp³-hybridized carbons (Fsp3) is 0.786. The van der Waals surface area contributed by atoms with Crippen LogP contribution in [0.3, 0.4) is 0 Å². The Kier molecular flexibility index (Phi) is 5.52. The van der Waals surface area contributed by atoms with Crippen LogP contribution in [0.1, 0.15) is 32.6 Å². The number of halogens is 1. The largest absolute Gasteiger partial charge is 0.381 e. The second-order valence-corrected chi connectivity index (χ2v) is 5.76. The van der Waals surface area contributed by atoms with Crippen LogP contribution in [0.15, 0.2) is 11.1 Å². The van der Waals surface area contributed by atoms with Crippen molar-refractivity contribution in [2.75, 3.05) is 26.3 Å². The summed E-state index contributed by atoms with van der Waals surface area (Å²) in [6, 6.07) is 0.269. The van der Waals surface area contributed by atoms with Gasteiger partial charge in [-0.2, -0.15) is 0 Å². The third kappa shape index (κ3) is 4.11. The number of hydrogen-bond donors (Lipinski definition) is 1. The molecule has 0 spiro atoms. The van der Waals surface area contributed by atoms with Gasteiger partial charge in [0.15, 0.2) is 0 Å². The first kappa shape index (κ1) is 14.7. The van der Waals surface area contributed by atoms with Gasteiger partial charge in [-0.3, -0.25) is 0 Å². The van der Waals surface area contributed by atoms with E-state index in [2.05, 4.69) is 12.2 Å². The Hall–Kier alpha value is -0.740. The molecule has 2 aliphatic heterocycles. The van der Waals surface area contributed by atoms with E-state index in [9.17, 15) is 4.79 Å². The SMILES string of the molecule is CCC(NC(=O)N1CCC=C(Cl)C1)C1CCOCC1. The Morgan fingerprint density at radius 1 is 1.58 bits per heavy atom. The van der Waals surface area contributed by atoms with E-state index in [4.69, 9.17) is 16.3 Å². The average Bonchev–Trinajstić information content (AvgIpc) is 2.45. The van der Waals surface area contributed by atoms with E-state index in [0.717, 1.165) is 50.5 Å². The summed E-state index contributed by atoms with van der Waals surface area (Å²) >= 11 is 6.00. The van der Waals surface area contributed by atoms with Crippen molar-refractivity contribution >= 4 is 17.6 Å². The molecule has 0 aromatic carbocycles. The van der Waals surface area contributed by atoms with Crippen molar-refractivity contribution in [3.63, 3.8) is 0 Å². The van der Waals surface area contributed by atoms with Gasteiger partial charge in [-0.1, -0.05) is 24.6 Å². The van der Waals surface area contributed by atoms with Gasteiger partial charge < -0.3 is 15.0 Å². The molecular formula is C14H23ClN2O2. The molecule has 0 aliphatic carbocycles. The lowest BCUT2D eigenvalue weighted by Gasteiger charge is -2.33. The Morgan fingerprint density at radius 3 is 2.95 bits per heavy atom. The first-order valence-electron chi connectivity index (χ1n) is 7.18. The van der Waals surface area contributed by atoms with Crippen LogP contribution in [0.25, 0.3) is 0 Å². The van der Waals surface area contributed by atoms with Crippen molar-refractivity contribution in [3.8, 4) is 0 Å². The van der Waals surface area contributed by atoms with Crippen LogP contribution in [-0.2, 0) is 4.74 Å². The molecule has 5 heteroatoms. The van der Waals surface area contributed by atoms with Gasteiger partial charge in [0, 0.05) is 30.8 Å². The van der Waals surface area contributed by atoms with E-state index in [1.807, 2.05) is 6.08 Å². The number of amides is 2. The fourth-order valence-corrected chi connectivity index (χ4v) is 3.05. The number of nitrogens with one attached hydrogen (secondary N) is 1. The Balaban J connectivity index is 1.86. The first-order valence-corrected chi connectivity index (χ1v) is 7.56. The van der Waals surface area contributed by atoms with E-state index < -0.39 is 0 Å². The highest BCUT2D eigenvalue weighted by molar-refractivity contribution is 6.30. The van der Waals surface area contributed by atoms with E-state index in [0.29, 0.717) is 12.5 Å². The van der Waals surface area contributed by atoms with Crippen LogP contribution < -0.4 is 5.32 Å². The third-order valence-corrected chi connectivity index (χ3v) is 4.25. The maximum atomic E-state index is 12.3. The molecule has 2 rings (SSSR count). The first-order chi connectivity index (χ1) is 9.20. The lowest BCUT2D eigenvalue weighted by atomic mass is 9.90. The molecule has 108 valence electrons. The quantitative estimate of drug-likeness (QED) is 0.867. The van der Waals surface area contributed by atoms with E-state index in [1.165, 1.54) is 0 Å². The summed E-state index contributed by atoms with van der Waals surface area (Å²) in [5, 5.41) is 3.94. The monoisotopic (exact) mass is 286 g/mol. The number of nitrogens with zero attached hydrogens (tertiary/aromatic N) is 1. The van der Waals surface area contributed by atoms with Gasteiger partial charge in [0.25, 0.3) is 0 Å². The minimum Gasteiger partial charge on any atom is -0.381 e. The van der Waals surface area contributed by atoms with Crippen molar-refractivity contribution in [2.45, 2.75) is 38.6 Å². The van der Waals surface area contributed by atoms with Gasteiger partial charge in [-0.25, -0.2) is 4.79 Å². The summed E-state index contributed by atoms with van der Waals surface area (Å²) in [6.07, 6.45) is 5.88. The number of ether oxygens (including phenoxy) is 1. The van der Waals surface area contributed by atoms with Crippen molar-refractivity contribution in [3.05, 3.63) is 11.1 Å². The molecule has 0 bridgehead atoms. The van der Waals surface area contributed by atoms with Gasteiger partial charge in [0.05, 0.1) is 6.54 Å². The lowest BCUT2D eigenvalue weighted by Crippen LogP contribution is -2.49. The summed E-state index contributed by atoms with van der Waals surface area (Å²) in [6.45, 7) is 5.05. The second-order valence-electron chi connectivity index (χ2n) is 5.28. The van der Waals surface area contributed by atoms with Gasteiger partial charge in [-0.05, 0) is 31.6 Å². The minimum atomic E-state index is 0.0181. The topological polar surface area (TPSA) is 41.6 Å². The summed E-state index contributed by atoms with van der Waals surface area (Å²) in [5.74, 6) is 0.540. The van der Waals surface area contributed by atoms with Gasteiger partial charge in [0.1, 0.15) is 0 Å². The number of carbonyl (C=O) groups excluding carboxylic acids is 1. The Labute approximate surface area is 120 Å². The molecule has 19 heavy (non-hydrogen) atoms. The predicted molar refractivity (Wildman–Crippen MR) is 76.3 cm³/mol. The maximum Gasteiger partial charge on any atom is 0.317 e. The molecule has 1 N–H and O–H groups in total. The number of carbonyl (C=O) groups is 1. The molecule has 2 aliphatic rings. The minimum absolute atomic E-state index is 0.0181. The Bertz CT molecular complexity index is 340. The van der Waals surface area contributed by atoms with Gasteiger partial charge in [0.2, 0.25) is 0 Å². The second kappa shape index (κ2) is 7.15. The van der Waals surface area contributed by atoms with Gasteiger partial charge in [-0.15, -0.1) is 0 Å². The molecule has 2 heterocycles. The molecule has 4 nitrogen and oxygen atoms in total. The van der Waals surface area contributed by atoms with E-state index in [1.54, 1.807) is 4.90 Å². The van der Waals surface area contributed by atoms with Crippen molar-refractivity contribution in [2.24, 2.45) is 5.92 Å². The lowest BCUT2D eigenvalue weighted by molar-refractivity contribution is 0.0536. The fourth-order valence-electron chi connectivity index (χ4n) is 2.80. The summed E-state index contributed by atoms with van der Waals surface area (Å²) in [5.41, 5.74) is 0. The predicted octanol–water partition coefficient (Wildman–Crippen LogP) is 2.73. The molecule has 1 unspecified atom stereocenters.